The number of hydrogen-bond donors (Lipinski definition) is 1. The minimum absolute atomic E-state index is 0.0246. The SMILES string of the molecule is CCC(CC)C(Cl)CNCc1cc(F)ccc1F. The van der Waals surface area contributed by atoms with Crippen molar-refractivity contribution in [1.82, 2.24) is 5.32 Å². The molecule has 0 aliphatic carbocycles. The Morgan fingerprint density at radius 1 is 1.22 bits per heavy atom. The van der Waals surface area contributed by atoms with E-state index in [1.807, 2.05) is 0 Å². The third kappa shape index (κ3) is 4.54. The van der Waals surface area contributed by atoms with Crippen LogP contribution in [-0.2, 0) is 6.54 Å². The second-order valence-electron chi connectivity index (χ2n) is 4.46. The number of benzene rings is 1. The summed E-state index contributed by atoms with van der Waals surface area (Å²) in [5, 5.41) is 3.10. The first-order valence-electron chi connectivity index (χ1n) is 6.37. The predicted molar refractivity (Wildman–Crippen MR) is 71.8 cm³/mol. The van der Waals surface area contributed by atoms with Gasteiger partial charge in [0.15, 0.2) is 0 Å². The van der Waals surface area contributed by atoms with Gasteiger partial charge in [0, 0.05) is 24.0 Å². The Bertz CT molecular complexity index is 367. The van der Waals surface area contributed by atoms with E-state index in [0.29, 0.717) is 24.6 Å². The fourth-order valence-electron chi connectivity index (χ4n) is 1.99. The van der Waals surface area contributed by atoms with E-state index in [9.17, 15) is 8.78 Å². The molecular formula is C14H20ClF2N. The lowest BCUT2D eigenvalue weighted by molar-refractivity contribution is 0.444. The van der Waals surface area contributed by atoms with Gasteiger partial charge >= 0.3 is 0 Å². The van der Waals surface area contributed by atoms with Crippen LogP contribution >= 0.6 is 11.6 Å². The average Bonchev–Trinajstić information content (AvgIpc) is 2.35. The Morgan fingerprint density at radius 3 is 2.50 bits per heavy atom. The molecule has 18 heavy (non-hydrogen) atoms. The standard InChI is InChI=1S/C14H20ClF2N/c1-3-10(4-2)13(15)9-18-8-11-7-12(16)5-6-14(11)17/h5-7,10,13,18H,3-4,8-9H2,1-2H3. The van der Waals surface area contributed by atoms with Crippen LogP contribution in [0.5, 0.6) is 0 Å². The molecule has 0 aliphatic rings. The molecule has 1 rings (SSSR count). The zero-order valence-corrected chi connectivity index (χ0v) is 11.6. The average molecular weight is 276 g/mol. The van der Waals surface area contributed by atoms with Crippen LogP contribution in [0.15, 0.2) is 18.2 Å². The monoisotopic (exact) mass is 275 g/mol. The normalized spacial score (nSPS) is 13.0. The molecule has 1 nitrogen and oxygen atoms in total. The molecule has 0 fully saturated rings. The van der Waals surface area contributed by atoms with Crippen molar-refractivity contribution in [2.75, 3.05) is 6.54 Å². The molecule has 1 atom stereocenters. The zero-order valence-electron chi connectivity index (χ0n) is 10.8. The highest BCUT2D eigenvalue weighted by Crippen LogP contribution is 2.18. The molecule has 1 aromatic carbocycles. The quantitative estimate of drug-likeness (QED) is 0.739. The van der Waals surface area contributed by atoms with Crippen molar-refractivity contribution in [1.29, 1.82) is 0 Å². The fourth-order valence-corrected chi connectivity index (χ4v) is 2.46. The molecule has 0 saturated carbocycles. The Labute approximate surface area is 113 Å². The Hall–Kier alpha value is -0.670. The molecule has 0 spiro atoms. The van der Waals surface area contributed by atoms with Crippen LogP contribution in [0.3, 0.4) is 0 Å². The fraction of sp³-hybridized carbons (Fsp3) is 0.571. The van der Waals surface area contributed by atoms with Crippen molar-refractivity contribution in [2.24, 2.45) is 5.92 Å². The lowest BCUT2D eigenvalue weighted by Gasteiger charge is -2.19. The van der Waals surface area contributed by atoms with E-state index in [1.54, 1.807) is 0 Å². The summed E-state index contributed by atoms with van der Waals surface area (Å²) in [5.41, 5.74) is 0.336. The topological polar surface area (TPSA) is 12.0 Å². The van der Waals surface area contributed by atoms with Crippen molar-refractivity contribution in [3.8, 4) is 0 Å². The molecule has 0 heterocycles. The molecule has 1 aromatic rings. The molecule has 102 valence electrons. The second kappa shape index (κ2) is 7.70. The lowest BCUT2D eigenvalue weighted by atomic mass is 9.99. The van der Waals surface area contributed by atoms with Gasteiger partial charge in [0.05, 0.1) is 0 Å². The van der Waals surface area contributed by atoms with E-state index < -0.39 is 11.6 Å². The number of halogens is 3. The van der Waals surface area contributed by atoms with E-state index in [-0.39, 0.29) is 5.38 Å². The molecular weight excluding hydrogens is 256 g/mol. The van der Waals surface area contributed by atoms with Gasteiger partial charge in [0.1, 0.15) is 11.6 Å². The number of alkyl halides is 1. The minimum atomic E-state index is -0.421. The lowest BCUT2D eigenvalue weighted by Crippen LogP contribution is -2.28. The highest BCUT2D eigenvalue weighted by Gasteiger charge is 2.15. The van der Waals surface area contributed by atoms with Gasteiger partial charge in [-0.1, -0.05) is 26.7 Å². The maximum absolute atomic E-state index is 13.3. The Balaban J connectivity index is 2.44. The van der Waals surface area contributed by atoms with E-state index in [2.05, 4.69) is 19.2 Å². The molecule has 0 aromatic heterocycles. The maximum atomic E-state index is 13.3. The summed E-state index contributed by atoms with van der Waals surface area (Å²) >= 11 is 6.25. The van der Waals surface area contributed by atoms with Crippen LogP contribution in [0.4, 0.5) is 8.78 Å². The first-order valence-corrected chi connectivity index (χ1v) is 6.80. The van der Waals surface area contributed by atoms with Gasteiger partial charge in [-0.15, -0.1) is 11.6 Å². The summed E-state index contributed by atoms with van der Waals surface area (Å²) < 4.78 is 26.3. The number of hydrogen-bond acceptors (Lipinski definition) is 1. The van der Waals surface area contributed by atoms with Gasteiger partial charge in [-0.25, -0.2) is 8.78 Å². The second-order valence-corrected chi connectivity index (χ2v) is 5.02. The summed E-state index contributed by atoms with van der Waals surface area (Å²) in [6.45, 7) is 5.11. The summed E-state index contributed by atoms with van der Waals surface area (Å²) in [6, 6.07) is 3.47. The summed E-state index contributed by atoms with van der Waals surface area (Å²) in [7, 11) is 0. The molecule has 0 aliphatic heterocycles. The molecule has 4 heteroatoms. The third-order valence-corrected chi connectivity index (χ3v) is 3.73. The van der Waals surface area contributed by atoms with E-state index >= 15 is 0 Å². The van der Waals surface area contributed by atoms with Gasteiger partial charge in [-0.2, -0.15) is 0 Å². The minimum Gasteiger partial charge on any atom is -0.311 e. The summed E-state index contributed by atoms with van der Waals surface area (Å²) in [5.74, 6) is -0.357. The largest absolute Gasteiger partial charge is 0.311 e. The van der Waals surface area contributed by atoms with E-state index in [1.165, 1.54) is 6.07 Å². The van der Waals surface area contributed by atoms with Crippen molar-refractivity contribution < 1.29 is 8.78 Å². The first-order chi connectivity index (χ1) is 8.58. The van der Waals surface area contributed by atoms with Crippen molar-refractivity contribution in [2.45, 2.75) is 38.6 Å². The van der Waals surface area contributed by atoms with Crippen LogP contribution in [0.25, 0.3) is 0 Å². The van der Waals surface area contributed by atoms with Crippen molar-refractivity contribution in [3.63, 3.8) is 0 Å². The van der Waals surface area contributed by atoms with Gasteiger partial charge in [-0.05, 0) is 24.1 Å². The highest BCUT2D eigenvalue weighted by molar-refractivity contribution is 6.21. The molecule has 1 unspecified atom stereocenters. The van der Waals surface area contributed by atoms with Crippen LogP contribution < -0.4 is 5.32 Å². The Morgan fingerprint density at radius 2 is 1.89 bits per heavy atom. The van der Waals surface area contributed by atoms with E-state index in [0.717, 1.165) is 25.0 Å². The highest BCUT2D eigenvalue weighted by atomic mass is 35.5. The van der Waals surface area contributed by atoms with Crippen LogP contribution in [0.1, 0.15) is 32.3 Å². The zero-order chi connectivity index (χ0) is 13.5. The summed E-state index contributed by atoms with van der Waals surface area (Å²) in [6.07, 6.45) is 2.06. The number of nitrogens with one attached hydrogen (secondary N) is 1. The van der Waals surface area contributed by atoms with Crippen molar-refractivity contribution in [3.05, 3.63) is 35.4 Å². The molecule has 1 N–H and O–H groups in total. The third-order valence-electron chi connectivity index (χ3n) is 3.22. The molecule has 0 bridgehead atoms. The molecule has 0 amide bonds. The van der Waals surface area contributed by atoms with Crippen LogP contribution in [-0.4, -0.2) is 11.9 Å². The van der Waals surface area contributed by atoms with Crippen molar-refractivity contribution >= 4 is 11.6 Å². The Kier molecular flexibility index (Phi) is 6.58. The van der Waals surface area contributed by atoms with Crippen LogP contribution in [0.2, 0.25) is 0 Å². The smallest absolute Gasteiger partial charge is 0.127 e. The van der Waals surface area contributed by atoms with Gasteiger partial charge in [0.25, 0.3) is 0 Å². The number of rotatable bonds is 7. The van der Waals surface area contributed by atoms with Gasteiger partial charge in [0.2, 0.25) is 0 Å². The predicted octanol–water partition coefficient (Wildman–Crippen LogP) is 4.10. The molecule has 0 radical (unpaired) electrons. The van der Waals surface area contributed by atoms with Gasteiger partial charge < -0.3 is 5.32 Å². The summed E-state index contributed by atoms with van der Waals surface area (Å²) in [4.78, 5) is 0. The first kappa shape index (κ1) is 15.4. The van der Waals surface area contributed by atoms with E-state index in [4.69, 9.17) is 11.6 Å². The van der Waals surface area contributed by atoms with Gasteiger partial charge in [-0.3, -0.25) is 0 Å². The molecule has 0 saturated heterocycles. The maximum Gasteiger partial charge on any atom is 0.127 e. The van der Waals surface area contributed by atoms with Crippen LogP contribution in [0, 0.1) is 17.6 Å².